The van der Waals surface area contributed by atoms with Crippen LogP contribution in [0.1, 0.15) is 5.69 Å². The molecule has 1 aromatic rings. The van der Waals surface area contributed by atoms with Crippen LogP contribution in [0.15, 0.2) is 11.5 Å². The minimum Gasteiger partial charge on any atom is -0.392 e. The number of hydrogen-bond acceptors (Lipinski definition) is 4. The van der Waals surface area contributed by atoms with Gasteiger partial charge in [0.1, 0.15) is 0 Å². The molecule has 1 rings (SSSR count). The van der Waals surface area contributed by atoms with Crippen LogP contribution in [0.2, 0.25) is 0 Å². The lowest BCUT2D eigenvalue weighted by Gasteiger charge is -1.79. The molecule has 0 radical (unpaired) electrons. The summed E-state index contributed by atoms with van der Waals surface area (Å²) in [4.78, 5) is 3.95. The normalized spacial score (nSPS) is 10.9. The Morgan fingerprint density at radius 3 is 3.10 bits per heavy atom. The Balaban J connectivity index is 2.67. The minimum atomic E-state index is 0.0391. The van der Waals surface area contributed by atoms with Crippen LogP contribution < -0.4 is 5.73 Å². The third-order valence-electron chi connectivity index (χ3n) is 0.934. The lowest BCUT2D eigenvalue weighted by molar-refractivity contribution is 0.343. The summed E-state index contributed by atoms with van der Waals surface area (Å²) in [6, 6.07) is 0. The molecule has 0 aliphatic carbocycles. The second-order valence-electron chi connectivity index (χ2n) is 1.70. The standard InChI is InChI=1S/C6H8N2OS/c7-6-8-5(4-10-6)2-1-3-9/h1-2,4,9H,3H2,(H2,7,8). The zero-order valence-corrected chi connectivity index (χ0v) is 6.14. The molecule has 0 atom stereocenters. The molecule has 0 unspecified atom stereocenters. The van der Waals surface area contributed by atoms with E-state index in [1.54, 1.807) is 12.2 Å². The molecule has 10 heavy (non-hydrogen) atoms. The van der Waals surface area contributed by atoms with E-state index in [4.69, 9.17) is 10.8 Å². The average molecular weight is 156 g/mol. The van der Waals surface area contributed by atoms with Crippen LogP contribution in [-0.4, -0.2) is 16.7 Å². The van der Waals surface area contributed by atoms with E-state index in [0.29, 0.717) is 5.13 Å². The molecule has 0 bridgehead atoms. The molecular weight excluding hydrogens is 148 g/mol. The molecule has 1 heterocycles. The average Bonchev–Trinajstić information content (AvgIpc) is 2.31. The first-order valence-corrected chi connectivity index (χ1v) is 3.69. The second kappa shape index (κ2) is 3.34. The molecule has 0 aliphatic heterocycles. The Labute approximate surface area is 62.8 Å². The van der Waals surface area contributed by atoms with Crippen molar-refractivity contribution in [2.24, 2.45) is 0 Å². The van der Waals surface area contributed by atoms with Crippen molar-refractivity contribution in [2.45, 2.75) is 0 Å². The van der Waals surface area contributed by atoms with Crippen molar-refractivity contribution in [3.05, 3.63) is 17.2 Å². The highest BCUT2D eigenvalue weighted by molar-refractivity contribution is 7.13. The van der Waals surface area contributed by atoms with Crippen molar-refractivity contribution >= 4 is 22.5 Å². The molecule has 0 aromatic carbocycles. The van der Waals surface area contributed by atoms with Gasteiger partial charge in [-0.1, -0.05) is 6.08 Å². The Hall–Kier alpha value is -0.870. The predicted molar refractivity (Wildman–Crippen MR) is 42.6 cm³/mol. The highest BCUT2D eigenvalue weighted by atomic mass is 32.1. The number of aliphatic hydroxyl groups is 1. The van der Waals surface area contributed by atoms with Gasteiger partial charge < -0.3 is 10.8 Å². The SMILES string of the molecule is Nc1nc(C=CCO)cs1. The molecule has 0 amide bonds. The van der Waals surface area contributed by atoms with Crippen molar-refractivity contribution in [1.82, 2.24) is 4.98 Å². The molecule has 3 nitrogen and oxygen atoms in total. The number of hydrogen-bond donors (Lipinski definition) is 2. The molecule has 0 saturated carbocycles. The Morgan fingerprint density at radius 2 is 2.60 bits per heavy atom. The van der Waals surface area contributed by atoms with Gasteiger partial charge in [0.05, 0.1) is 12.3 Å². The highest BCUT2D eigenvalue weighted by Crippen LogP contribution is 2.11. The smallest absolute Gasteiger partial charge is 0.180 e. The maximum absolute atomic E-state index is 8.39. The van der Waals surface area contributed by atoms with Crippen LogP contribution in [-0.2, 0) is 0 Å². The fraction of sp³-hybridized carbons (Fsp3) is 0.167. The van der Waals surface area contributed by atoms with Crippen molar-refractivity contribution in [3.8, 4) is 0 Å². The van der Waals surface area contributed by atoms with Crippen LogP contribution >= 0.6 is 11.3 Å². The maximum Gasteiger partial charge on any atom is 0.180 e. The summed E-state index contributed by atoms with van der Waals surface area (Å²) >= 11 is 1.39. The molecular formula is C6H8N2OS. The van der Waals surface area contributed by atoms with Gasteiger partial charge in [-0.15, -0.1) is 11.3 Å². The molecule has 1 aromatic heterocycles. The van der Waals surface area contributed by atoms with Gasteiger partial charge in [0, 0.05) is 5.38 Å². The second-order valence-corrected chi connectivity index (χ2v) is 2.59. The van der Waals surface area contributed by atoms with E-state index in [2.05, 4.69) is 4.98 Å². The largest absolute Gasteiger partial charge is 0.392 e. The number of aliphatic hydroxyl groups excluding tert-OH is 1. The third-order valence-corrected chi connectivity index (χ3v) is 1.63. The van der Waals surface area contributed by atoms with E-state index >= 15 is 0 Å². The lowest BCUT2D eigenvalue weighted by Crippen LogP contribution is -1.81. The molecule has 3 N–H and O–H groups in total. The van der Waals surface area contributed by atoms with E-state index < -0.39 is 0 Å². The lowest BCUT2D eigenvalue weighted by atomic mass is 10.4. The Bertz CT molecular complexity index is 231. The quantitative estimate of drug-likeness (QED) is 0.663. The van der Waals surface area contributed by atoms with Gasteiger partial charge in [0.25, 0.3) is 0 Å². The monoisotopic (exact) mass is 156 g/mol. The number of rotatable bonds is 2. The summed E-state index contributed by atoms with van der Waals surface area (Å²) in [7, 11) is 0. The summed E-state index contributed by atoms with van der Waals surface area (Å²) in [5.41, 5.74) is 6.16. The summed E-state index contributed by atoms with van der Waals surface area (Å²) in [6.45, 7) is 0.0391. The first-order valence-electron chi connectivity index (χ1n) is 2.81. The molecule has 4 heteroatoms. The number of aromatic nitrogens is 1. The van der Waals surface area contributed by atoms with E-state index in [-0.39, 0.29) is 6.61 Å². The topological polar surface area (TPSA) is 59.1 Å². The van der Waals surface area contributed by atoms with Gasteiger partial charge in [0.15, 0.2) is 5.13 Å². The number of thiazole rings is 1. The highest BCUT2D eigenvalue weighted by Gasteiger charge is 1.90. The van der Waals surface area contributed by atoms with Gasteiger partial charge in [-0.25, -0.2) is 4.98 Å². The zero-order valence-electron chi connectivity index (χ0n) is 5.32. The minimum absolute atomic E-state index is 0.0391. The molecule has 54 valence electrons. The fourth-order valence-electron chi connectivity index (χ4n) is 0.551. The first-order chi connectivity index (χ1) is 4.83. The van der Waals surface area contributed by atoms with Crippen LogP contribution in [0, 0.1) is 0 Å². The van der Waals surface area contributed by atoms with Gasteiger partial charge in [-0.2, -0.15) is 0 Å². The van der Waals surface area contributed by atoms with Crippen molar-refractivity contribution in [3.63, 3.8) is 0 Å². The number of nitrogens with two attached hydrogens (primary N) is 1. The van der Waals surface area contributed by atoms with Gasteiger partial charge in [-0.3, -0.25) is 0 Å². The van der Waals surface area contributed by atoms with Crippen molar-refractivity contribution in [1.29, 1.82) is 0 Å². The summed E-state index contributed by atoms with van der Waals surface area (Å²) in [5, 5.41) is 10.8. The van der Waals surface area contributed by atoms with Gasteiger partial charge in [-0.05, 0) is 6.08 Å². The summed E-state index contributed by atoms with van der Waals surface area (Å²) in [5.74, 6) is 0. The van der Waals surface area contributed by atoms with Crippen LogP contribution in [0.3, 0.4) is 0 Å². The van der Waals surface area contributed by atoms with E-state index in [9.17, 15) is 0 Å². The maximum atomic E-state index is 8.39. The molecule has 0 aliphatic rings. The predicted octanol–water partition coefficient (Wildman–Crippen LogP) is 0.731. The van der Waals surface area contributed by atoms with Crippen molar-refractivity contribution in [2.75, 3.05) is 12.3 Å². The van der Waals surface area contributed by atoms with E-state index in [1.807, 2.05) is 5.38 Å². The van der Waals surface area contributed by atoms with Crippen molar-refractivity contribution < 1.29 is 5.11 Å². The Kier molecular flexibility index (Phi) is 2.42. The summed E-state index contributed by atoms with van der Waals surface area (Å²) < 4.78 is 0. The third kappa shape index (κ3) is 1.82. The number of anilines is 1. The Morgan fingerprint density at radius 1 is 1.80 bits per heavy atom. The van der Waals surface area contributed by atoms with Gasteiger partial charge in [0.2, 0.25) is 0 Å². The van der Waals surface area contributed by atoms with Gasteiger partial charge >= 0.3 is 0 Å². The first kappa shape index (κ1) is 7.24. The molecule has 0 saturated heterocycles. The zero-order chi connectivity index (χ0) is 7.40. The number of nitrogens with zero attached hydrogens (tertiary/aromatic N) is 1. The van der Waals surface area contributed by atoms with Crippen LogP contribution in [0.25, 0.3) is 6.08 Å². The van der Waals surface area contributed by atoms with E-state index in [1.165, 1.54) is 11.3 Å². The fourth-order valence-corrected chi connectivity index (χ4v) is 1.08. The summed E-state index contributed by atoms with van der Waals surface area (Å²) in [6.07, 6.45) is 3.35. The number of nitrogen functional groups attached to an aromatic ring is 1. The van der Waals surface area contributed by atoms with Crippen LogP contribution in [0.5, 0.6) is 0 Å². The molecule has 0 fully saturated rings. The van der Waals surface area contributed by atoms with E-state index in [0.717, 1.165) is 5.69 Å². The van der Waals surface area contributed by atoms with Crippen LogP contribution in [0.4, 0.5) is 5.13 Å². The molecule has 0 spiro atoms.